The molecule has 0 rings (SSSR count). The zero-order valence-electron chi connectivity index (χ0n) is 6.90. The predicted octanol–water partition coefficient (Wildman–Crippen LogP) is -0.264. The average Bonchev–Trinajstić information content (AvgIpc) is 2.00. The fourth-order valence-corrected chi connectivity index (χ4v) is 0.550. The number of carbonyl (C=O) groups is 2. The molecule has 0 aromatic heterocycles. The van der Waals surface area contributed by atoms with Crippen molar-refractivity contribution < 1.29 is 19.4 Å². The SMILES string of the molecule is CC=CC(=O)NC(OC)C(=O)O. The highest BCUT2D eigenvalue weighted by atomic mass is 16.5. The van der Waals surface area contributed by atoms with E-state index in [1.165, 1.54) is 19.3 Å². The Morgan fingerprint density at radius 3 is 2.50 bits per heavy atom. The molecule has 0 saturated heterocycles. The fourth-order valence-electron chi connectivity index (χ4n) is 0.550. The molecule has 2 N–H and O–H groups in total. The van der Waals surface area contributed by atoms with Gasteiger partial charge < -0.3 is 15.2 Å². The highest BCUT2D eigenvalue weighted by Gasteiger charge is 2.16. The Morgan fingerprint density at radius 1 is 1.58 bits per heavy atom. The molecule has 0 aliphatic rings. The lowest BCUT2D eigenvalue weighted by Gasteiger charge is -2.09. The highest BCUT2D eigenvalue weighted by Crippen LogP contribution is 1.85. The third kappa shape index (κ3) is 3.72. The van der Waals surface area contributed by atoms with Crippen molar-refractivity contribution in [2.45, 2.75) is 13.2 Å². The summed E-state index contributed by atoms with van der Waals surface area (Å²) < 4.78 is 4.46. The number of nitrogens with one attached hydrogen (secondary N) is 1. The van der Waals surface area contributed by atoms with Crippen molar-refractivity contribution in [3.8, 4) is 0 Å². The highest BCUT2D eigenvalue weighted by molar-refractivity contribution is 5.90. The Labute approximate surface area is 70.0 Å². The molecule has 5 nitrogen and oxygen atoms in total. The van der Waals surface area contributed by atoms with Crippen LogP contribution in [0, 0.1) is 0 Å². The summed E-state index contributed by atoms with van der Waals surface area (Å²) in [5.74, 6) is -1.72. The molecule has 0 aliphatic carbocycles. The van der Waals surface area contributed by atoms with Crippen LogP contribution in [0.25, 0.3) is 0 Å². The third-order valence-corrected chi connectivity index (χ3v) is 1.05. The van der Waals surface area contributed by atoms with Gasteiger partial charge in [0, 0.05) is 7.11 Å². The van der Waals surface area contributed by atoms with E-state index in [0.29, 0.717) is 0 Å². The lowest BCUT2D eigenvalue weighted by Crippen LogP contribution is -2.41. The molecule has 0 radical (unpaired) electrons. The van der Waals surface area contributed by atoms with Gasteiger partial charge in [0.15, 0.2) is 0 Å². The largest absolute Gasteiger partial charge is 0.478 e. The number of carboxylic acid groups (broad SMARTS) is 1. The number of ether oxygens (including phenoxy) is 1. The topological polar surface area (TPSA) is 75.6 Å². The van der Waals surface area contributed by atoms with Gasteiger partial charge in [0.1, 0.15) is 0 Å². The molecule has 1 atom stereocenters. The molecule has 1 amide bonds. The number of hydrogen-bond acceptors (Lipinski definition) is 3. The van der Waals surface area contributed by atoms with Gasteiger partial charge in [0.05, 0.1) is 0 Å². The van der Waals surface area contributed by atoms with Crippen LogP contribution in [-0.2, 0) is 14.3 Å². The second-order valence-electron chi connectivity index (χ2n) is 1.96. The number of rotatable bonds is 4. The minimum absolute atomic E-state index is 0.494. The number of methoxy groups -OCH3 is 1. The minimum atomic E-state index is -1.28. The van der Waals surface area contributed by atoms with E-state index in [9.17, 15) is 9.59 Å². The van der Waals surface area contributed by atoms with Crippen molar-refractivity contribution in [2.75, 3.05) is 7.11 Å². The van der Waals surface area contributed by atoms with Gasteiger partial charge in [-0.3, -0.25) is 4.79 Å². The minimum Gasteiger partial charge on any atom is -0.478 e. The molecule has 0 spiro atoms. The molecule has 0 fully saturated rings. The van der Waals surface area contributed by atoms with E-state index in [-0.39, 0.29) is 0 Å². The quantitative estimate of drug-likeness (QED) is 0.453. The summed E-state index contributed by atoms with van der Waals surface area (Å²) in [5.41, 5.74) is 0. The van der Waals surface area contributed by atoms with Crippen molar-refractivity contribution >= 4 is 11.9 Å². The van der Waals surface area contributed by atoms with Gasteiger partial charge in [0.25, 0.3) is 0 Å². The van der Waals surface area contributed by atoms with Crippen molar-refractivity contribution in [1.29, 1.82) is 0 Å². The van der Waals surface area contributed by atoms with E-state index in [1.807, 2.05) is 0 Å². The van der Waals surface area contributed by atoms with Crippen LogP contribution in [0.15, 0.2) is 12.2 Å². The molecular weight excluding hydrogens is 162 g/mol. The summed E-state index contributed by atoms with van der Waals surface area (Å²) in [6, 6.07) is 0. The van der Waals surface area contributed by atoms with Gasteiger partial charge in [0.2, 0.25) is 12.1 Å². The Kier molecular flexibility index (Phi) is 4.71. The van der Waals surface area contributed by atoms with Crippen LogP contribution < -0.4 is 5.32 Å². The normalized spacial score (nSPS) is 12.8. The van der Waals surface area contributed by atoms with Crippen molar-refractivity contribution in [3.05, 3.63) is 12.2 Å². The maximum absolute atomic E-state index is 10.8. The summed E-state index contributed by atoms with van der Waals surface area (Å²) in [4.78, 5) is 21.1. The molecule has 12 heavy (non-hydrogen) atoms. The second kappa shape index (κ2) is 5.31. The maximum Gasteiger partial charge on any atom is 0.354 e. The number of amides is 1. The Balaban J connectivity index is 4.03. The molecule has 0 bridgehead atoms. The smallest absolute Gasteiger partial charge is 0.354 e. The fraction of sp³-hybridized carbons (Fsp3) is 0.429. The van der Waals surface area contributed by atoms with Crippen LogP contribution in [0.2, 0.25) is 0 Å². The molecule has 0 saturated carbocycles. The van der Waals surface area contributed by atoms with Gasteiger partial charge in [-0.15, -0.1) is 0 Å². The standard InChI is InChI=1S/C7H11NO4/c1-3-4-5(9)8-6(12-2)7(10)11/h3-4,6H,1-2H3,(H,8,9)(H,10,11). The molecule has 1 unspecified atom stereocenters. The first-order valence-corrected chi connectivity index (χ1v) is 3.30. The van der Waals surface area contributed by atoms with Crippen molar-refractivity contribution in [3.63, 3.8) is 0 Å². The van der Waals surface area contributed by atoms with Crippen molar-refractivity contribution in [1.82, 2.24) is 5.32 Å². The van der Waals surface area contributed by atoms with Gasteiger partial charge in [-0.05, 0) is 13.0 Å². The Bertz CT molecular complexity index is 200. The molecule has 0 aromatic carbocycles. The number of carboxylic acids is 1. The van der Waals surface area contributed by atoms with E-state index in [4.69, 9.17) is 5.11 Å². The number of allylic oxidation sites excluding steroid dienone is 1. The third-order valence-electron chi connectivity index (χ3n) is 1.05. The van der Waals surface area contributed by atoms with E-state index < -0.39 is 18.1 Å². The van der Waals surface area contributed by atoms with Crippen LogP contribution in [0.4, 0.5) is 0 Å². The summed E-state index contributed by atoms with van der Waals surface area (Å²) in [5, 5.41) is 10.5. The Hall–Kier alpha value is -1.36. The molecular formula is C7H11NO4. The van der Waals surface area contributed by atoms with Crippen LogP contribution in [-0.4, -0.2) is 30.3 Å². The van der Waals surface area contributed by atoms with Crippen LogP contribution in [0.3, 0.4) is 0 Å². The number of aliphatic carboxylic acids is 1. The molecule has 0 heterocycles. The molecule has 0 aromatic rings. The number of hydrogen-bond donors (Lipinski definition) is 2. The first kappa shape index (κ1) is 10.6. The van der Waals surface area contributed by atoms with Crippen molar-refractivity contribution in [2.24, 2.45) is 0 Å². The average molecular weight is 173 g/mol. The predicted molar refractivity (Wildman–Crippen MR) is 41.4 cm³/mol. The van der Waals surface area contributed by atoms with Crippen LogP contribution in [0.5, 0.6) is 0 Å². The van der Waals surface area contributed by atoms with E-state index in [0.717, 1.165) is 0 Å². The summed E-state index contributed by atoms with van der Waals surface area (Å²) in [7, 11) is 1.20. The Morgan fingerprint density at radius 2 is 2.17 bits per heavy atom. The summed E-state index contributed by atoms with van der Waals surface area (Å²) >= 11 is 0. The monoisotopic (exact) mass is 173 g/mol. The lowest BCUT2D eigenvalue weighted by atomic mass is 10.4. The van der Waals surface area contributed by atoms with Gasteiger partial charge in [-0.1, -0.05) is 6.08 Å². The van der Waals surface area contributed by atoms with E-state index in [2.05, 4.69) is 10.1 Å². The molecule has 0 aliphatic heterocycles. The zero-order chi connectivity index (χ0) is 9.56. The lowest BCUT2D eigenvalue weighted by molar-refractivity contribution is -0.152. The number of carbonyl (C=O) groups excluding carboxylic acids is 1. The first-order valence-electron chi connectivity index (χ1n) is 3.30. The van der Waals surface area contributed by atoms with Crippen LogP contribution in [0.1, 0.15) is 6.92 Å². The van der Waals surface area contributed by atoms with Gasteiger partial charge in [-0.2, -0.15) is 0 Å². The maximum atomic E-state index is 10.8. The first-order chi connectivity index (χ1) is 5.61. The summed E-state index contributed by atoms with van der Waals surface area (Å²) in [6.45, 7) is 1.65. The van der Waals surface area contributed by atoms with Crippen LogP contribution >= 0.6 is 0 Å². The van der Waals surface area contributed by atoms with Gasteiger partial charge in [-0.25, -0.2) is 4.79 Å². The molecule has 68 valence electrons. The second-order valence-corrected chi connectivity index (χ2v) is 1.96. The van der Waals surface area contributed by atoms with Gasteiger partial charge >= 0.3 is 5.97 Å². The summed E-state index contributed by atoms with van der Waals surface area (Å²) in [6.07, 6.45) is 1.44. The van der Waals surface area contributed by atoms with E-state index >= 15 is 0 Å². The zero-order valence-corrected chi connectivity index (χ0v) is 6.90. The molecule has 5 heteroatoms. The van der Waals surface area contributed by atoms with E-state index in [1.54, 1.807) is 6.92 Å².